The van der Waals surface area contributed by atoms with Gasteiger partial charge in [-0.25, -0.2) is 0 Å². The molecular weight excluding hydrogens is 458 g/mol. The molecule has 1 saturated heterocycles. The molecule has 0 aromatic carbocycles. The van der Waals surface area contributed by atoms with Crippen LogP contribution in [0.15, 0.2) is 0 Å². The molecule has 10 nitrogen and oxygen atoms in total. The third-order valence-corrected chi connectivity index (χ3v) is 11.2. The second-order valence-corrected chi connectivity index (χ2v) is 11.7. The molecule has 0 aromatic rings. The largest absolute Gasteiger partial charge is 0.465 e. The molecule has 196 valence electrons. The molecule has 6 aliphatic rings. The van der Waals surface area contributed by atoms with Crippen molar-refractivity contribution >= 4 is 11.9 Å². The van der Waals surface area contributed by atoms with Crippen LogP contribution in [-0.4, -0.2) is 98.8 Å². The molecule has 3 N–H and O–H groups in total. The maximum atomic E-state index is 13.8. The summed E-state index contributed by atoms with van der Waals surface area (Å²) in [6.45, 7) is 1.22. The van der Waals surface area contributed by atoms with E-state index in [0.29, 0.717) is 19.3 Å². The highest BCUT2D eigenvalue weighted by atomic mass is 16.5. The Morgan fingerprint density at radius 3 is 2.46 bits per heavy atom. The average Bonchev–Trinajstić information content (AvgIpc) is 3.24. The molecule has 6 fully saturated rings. The fraction of sp³-hybridized carbons (Fsp3) is 0.920. The maximum absolute atomic E-state index is 13.8. The Hall–Kier alpha value is -1.30. The number of hydrogen-bond donors (Lipinski definition) is 3. The lowest BCUT2D eigenvalue weighted by molar-refractivity contribution is -0.299. The smallest absolute Gasteiger partial charge is 0.302 e. The van der Waals surface area contributed by atoms with Crippen LogP contribution in [0.5, 0.6) is 0 Å². The summed E-state index contributed by atoms with van der Waals surface area (Å²) in [6.07, 6.45) is 0.120. The van der Waals surface area contributed by atoms with Crippen LogP contribution in [-0.2, 0) is 33.3 Å². The van der Waals surface area contributed by atoms with E-state index in [1.807, 2.05) is 0 Å². The number of aliphatic hydroxyl groups is 2. The fourth-order valence-electron chi connectivity index (χ4n) is 10.4. The number of ether oxygens (including phenoxy) is 5. The number of amides is 1. The van der Waals surface area contributed by atoms with Gasteiger partial charge >= 0.3 is 5.97 Å². The molecular formula is C25H37NO9. The van der Waals surface area contributed by atoms with Gasteiger partial charge < -0.3 is 39.2 Å². The van der Waals surface area contributed by atoms with Crippen molar-refractivity contribution in [2.24, 2.45) is 34.5 Å². The minimum atomic E-state index is -1.81. The lowest BCUT2D eigenvalue weighted by atomic mass is 9.43. The summed E-state index contributed by atoms with van der Waals surface area (Å²) in [7, 11) is 6.46. The van der Waals surface area contributed by atoms with E-state index in [0.717, 1.165) is 0 Å². The van der Waals surface area contributed by atoms with Crippen molar-refractivity contribution in [1.29, 1.82) is 0 Å². The van der Waals surface area contributed by atoms with Crippen LogP contribution < -0.4 is 5.32 Å². The maximum Gasteiger partial charge on any atom is 0.302 e. The predicted molar refractivity (Wildman–Crippen MR) is 119 cm³/mol. The van der Waals surface area contributed by atoms with Crippen LogP contribution in [0, 0.1) is 34.5 Å². The first kappa shape index (κ1) is 24.1. The van der Waals surface area contributed by atoms with Crippen LogP contribution >= 0.6 is 0 Å². The Morgan fingerprint density at radius 1 is 1.11 bits per heavy atom. The highest BCUT2D eigenvalue weighted by Crippen LogP contribution is 2.79. The topological polar surface area (TPSA) is 133 Å². The van der Waals surface area contributed by atoms with Crippen molar-refractivity contribution in [1.82, 2.24) is 5.32 Å². The minimum absolute atomic E-state index is 0.0392. The van der Waals surface area contributed by atoms with Gasteiger partial charge in [-0.2, -0.15) is 0 Å². The van der Waals surface area contributed by atoms with E-state index in [1.54, 1.807) is 21.3 Å². The zero-order valence-corrected chi connectivity index (χ0v) is 21.0. The summed E-state index contributed by atoms with van der Waals surface area (Å²) >= 11 is 0. The Kier molecular flexibility index (Phi) is 5.08. The lowest BCUT2D eigenvalue weighted by Gasteiger charge is -2.67. The molecule has 1 aliphatic heterocycles. The van der Waals surface area contributed by atoms with Crippen molar-refractivity contribution in [3.8, 4) is 0 Å². The number of esters is 1. The molecule has 6 rings (SSSR count). The van der Waals surface area contributed by atoms with Gasteiger partial charge in [0.15, 0.2) is 0 Å². The van der Waals surface area contributed by atoms with Crippen molar-refractivity contribution in [2.45, 2.75) is 74.3 Å². The van der Waals surface area contributed by atoms with Crippen LogP contribution in [0.3, 0.4) is 0 Å². The van der Waals surface area contributed by atoms with Crippen LogP contribution in [0.1, 0.15) is 32.6 Å². The van der Waals surface area contributed by atoms with Gasteiger partial charge in [-0.15, -0.1) is 0 Å². The van der Waals surface area contributed by atoms with E-state index in [1.165, 1.54) is 14.0 Å². The number of carbonyl (C=O) groups is 2. The van der Waals surface area contributed by atoms with Gasteiger partial charge in [-0.05, 0) is 25.2 Å². The molecule has 13 atom stereocenters. The molecule has 1 heterocycles. The molecule has 1 spiro atoms. The first-order valence-electron chi connectivity index (χ1n) is 12.6. The van der Waals surface area contributed by atoms with Crippen molar-refractivity contribution < 1.29 is 43.5 Å². The fourth-order valence-corrected chi connectivity index (χ4v) is 10.4. The zero-order valence-electron chi connectivity index (χ0n) is 21.0. The monoisotopic (exact) mass is 495 g/mol. The Bertz CT molecular complexity index is 946. The first-order valence-corrected chi connectivity index (χ1v) is 12.6. The third kappa shape index (κ3) is 2.34. The van der Waals surface area contributed by atoms with E-state index in [-0.39, 0.29) is 55.0 Å². The predicted octanol–water partition coefficient (Wildman–Crippen LogP) is -0.364. The highest BCUT2D eigenvalue weighted by molar-refractivity contribution is 5.87. The molecule has 0 unspecified atom stereocenters. The number of hydrogen-bond acceptors (Lipinski definition) is 9. The molecule has 10 heteroatoms. The Balaban J connectivity index is 1.63. The Labute approximate surface area is 204 Å². The summed E-state index contributed by atoms with van der Waals surface area (Å²) < 4.78 is 29.6. The third-order valence-electron chi connectivity index (χ3n) is 11.2. The molecule has 0 aromatic heterocycles. The number of methoxy groups -OCH3 is 4. The van der Waals surface area contributed by atoms with Crippen LogP contribution in [0.2, 0.25) is 0 Å². The van der Waals surface area contributed by atoms with Gasteiger partial charge in [-0.1, -0.05) is 0 Å². The summed E-state index contributed by atoms with van der Waals surface area (Å²) in [5.41, 5.74) is -5.27. The van der Waals surface area contributed by atoms with E-state index in [2.05, 4.69) is 5.32 Å². The number of fused-ring (bicyclic) bond motifs is 2. The van der Waals surface area contributed by atoms with Crippen LogP contribution in [0.4, 0.5) is 0 Å². The number of carbonyl (C=O) groups excluding carboxylic acids is 2. The van der Waals surface area contributed by atoms with E-state index in [4.69, 9.17) is 23.7 Å². The standard InChI is InChI=1S/C25H37NO9/c1-11(27)35-10-22-7-6-15(32-3)24-13-8-12-14(31-2)9-23(29,16(13)17(12)33-4)25(30,19(34-5)18(22)24)20(24)26-21(22)28/h12-20,29-30H,6-10H2,1-5H3,(H,26,28)/t12-,13-,14+,15+,16-,17+,18-,19+,20+,22+,23-,24+,25-/m1/s1. The molecule has 35 heavy (non-hydrogen) atoms. The van der Waals surface area contributed by atoms with Crippen molar-refractivity contribution in [2.75, 3.05) is 35.0 Å². The number of rotatable bonds is 6. The normalized spacial score (nSPS) is 57.1. The van der Waals surface area contributed by atoms with Gasteiger partial charge in [0.1, 0.15) is 17.8 Å². The second-order valence-electron chi connectivity index (χ2n) is 11.7. The first-order chi connectivity index (χ1) is 16.6. The molecule has 1 amide bonds. The van der Waals surface area contributed by atoms with Gasteiger partial charge in [-0.3, -0.25) is 9.59 Å². The summed E-state index contributed by atoms with van der Waals surface area (Å²) in [5, 5.41) is 28.5. The zero-order chi connectivity index (χ0) is 25.1. The van der Waals surface area contributed by atoms with E-state index >= 15 is 0 Å². The Morgan fingerprint density at radius 2 is 1.86 bits per heavy atom. The molecule has 0 radical (unpaired) electrons. The summed E-state index contributed by atoms with van der Waals surface area (Å²) in [4.78, 5) is 25.7. The SMILES string of the molecule is CO[C@H]1[C@@H]2C[C@@H]3[C@H]1[C@](O)(C[C@@H]2OC)[C@@]1(O)[C@@H](OC)[C@@H]2[C@@]4(COC(C)=O)CC[C@H](OC)[C@@]32[C@@H]1NC4=O. The van der Waals surface area contributed by atoms with Crippen LogP contribution in [0.25, 0.3) is 0 Å². The number of nitrogens with one attached hydrogen (secondary N) is 1. The molecule has 7 bridgehead atoms. The second kappa shape index (κ2) is 7.39. The minimum Gasteiger partial charge on any atom is -0.465 e. The van der Waals surface area contributed by atoms with Gasteiger partial charge in [0.05, 0.1) is 35.9 Å². The van der Waals surface area contributed by atoms with Gasteiger partial charge in [0.25, 0.3) is 0 Å². The lowest BCUT2D eigenvalue weighted by Crippen LogP contribution is -2.82. The summed E-state index contributed by atoms with van der Waals surface area (Å²) in [5.74, 6) is -1.72. The number of piperidine rings is 1. The van der Waals surface area contributed by atoms with E-state index in [9.17, 15) is 19.8 Å². The summed E-state index contributed by atoms with van der Waals surface area (Å²) in [6, 6.07) is -0.786. The molecule has 5 saturated carbocycles. The van der Waals surface area contributed by atoms with Crippen molar-refractivity contribution in [3.63, 3.8) is 0 Å². The highest BCUT2D eigenvalue weighted by Gasteiger charge is 2.92. The molecule has 5 aliphatic carbocycles. The average molecular weight is 496 g/mol. The van der Waals surface area contributed by atoms with Gasteiger partial charge in [0.2, 0.25) is 5.91 Å². The van der Waals surface area contributed by atoms with E-state index < -0.39 is 46.1 Å². The quantitative estimate of drug-likeness (QED) is 0.423. The van der Waals surface area contributed by atoms with Crippen molar-refractivity contribution in [3.05, 3.63) is 0 Å². The van der Waals surface area contributed by atoms with Gasteiger partial charge in [0, 0.05) is 65.0 Å².